The average molecular weight is 386 g/mol. The van der Waals surface area contributed by atoms with E-state index in [-0.39, 0.29) is 16.8 Å². The number of carbonyl (C=O) groups is 1. The van der Waals surface area contributed by atoms with E-state index in [1.807, 2.05) is 0 Å². The topological polar surface area (TPSA) is 82.3 Å². The number of H-pyrrole nitrogens is 1. The lowest BCUT2D eigenvalue weighted by atomic mass is 10.1. The van der Waals surface area contributed by atoms with Crippen LogP contribution in [0.25, 0.3) is 0 Å². The molecule has 1 saturated heterocycles. The number of hydrogen-bond donors (Lipinski definition) is 2. The van der Waals surface area contributed by atoms with Gasteiger partial charge in [0.15, 0.2) is 0 Å². The lowest BCUT2D eigenvalue weighted by molar-refractivity contribution is 0.0706. The van der Waals surface area contributed by atoms with Gasteiger partial charge in [0, 0.05) is 25.3 Å². The summed E-state index contributed by atoms with van der Waals surface area (Å²) < 4.78 is 40.2. The maximum Gasteiger partial charge on any atom is 0.270 e. The predicted molar refractivity (Wildman–Crippen MR) is 91.4 cm³/mol. The molecule has 0 atom stereocenters. The monoisotopic (exact) mass is 385 g/mol. The molecule has 1 aliphatic rings. The van der Waals surface area contributed by atoms with Crippen LogP contribution in [-0.4, -0.2) is 43.3 Å². The van der Waals surface area contributed by atoms with Crippen molar-refractivity contribution in [3.63, 3.8) is 0 Å². The Hall–Kier alpha value is -1.90. The van der Waals surface area contributed by atoms with E-state index < -0.39 is 15.8 Å². The predicted octanol–water partition coefficient (Wildman–Crippen LogP) is 2.39. The van der Waals surface area contributed by atoms with E-state index in [9.17, 15) is 17.6 Å². The van der Waals surface area contributed by atoms with Crippen LogP contribution >= 0.6 is 11.6 Å². The molecule has 9 heteroatoms. The van der Waals surface area contributed by atoms with Crippen LogP contribution in [0.3, 0.4) is 0 Å². The van der Waals surface area contributed by atoms with Crippen LogP contribution in [0.5, 0.6) is 0 Å². The second-order valence-corrected chi connectivity index (χ2v) is 8.02. The van der Waals surface area contributed by atoms with Gasteiger partial charge in [-0.2, -0.15) is 0 Å². The molecule has 3 rings (SSSR count). The first kappa shape index (κ1) is 17.9. The Morgan fingerprint density at radius 3 is 2.44 bits per heavy atom. The number of hydrogen-bond acceptors (Lipinski definition) is 3. The second kappa shape index (κ2) is 7.15. The molecule has 25 heavy (non-hydrogen) atoms. The highest BCUT2D eigenvalue weighted by atomic mass is 35.5. The summed E-state index contributed by atoms with van der Waals surface area (Å²) in [6, 6.07) is 5.96. The molecule has 1 aromatic heterocycles. The number of sulfonamides is 1. The molecule has 1 aliphatic heterocycles. The Morgan fingerprint density at radius 1 is 1.24 bits per heavy atom. The van der Waals surface area contributed by atoms with Gasteiger partial charge in [-0.25, -0.2) is 17.5 Å². The van der Waals surface area contributed by atoms with Crippen molar-refractivity contribution >= 4 is 27.5 Å². The van der Waals surface area contributed by atoms with Gasteiger partial charge in [0.2, 0.25) is 10.0 Å². The standard InChI is InChI=1S/C16H17ClFN3O3S/c17-11-9-15(19-10-11)16(22)21-7-5-13(6-8-21)20-25(23,24)14-3-1-12(18)2-4-14/h1-4,9-10,13,19-20H,5-8H2. The number of carbonyl (C=O) groups excluding carboxylic acids is 1. The largest absolute Gasteiger partial charge is 0.356 e. The van der Waals surface area contributed by atoms with Crippen LogP contribution < -0.4 is 4.72 Å². The van der Waals surface area contributed by atoms with Gasteiger partial charge in [-0.1, -0.05) is 11.6 Å². The highest BCUT2D eigenvalue weighted by Crippen LogP contribution is 2.18. The molecule has 2 aromatic rings. The van der Waals surface area contributed by atoms with Crippen molar-refractivity contribution in [1.29, 1.82) is 0 Å². The number of nitrogens with one attached hydrogen (secondary N) is 2. The summed E-state index contributed by atoms with van der Waals surface area (Å²) in [5.41, 5.74) is 0.412. The summed E-state index contributed by atoms with van der Waals surface area (Å²) in [5, 5.41) is 0.463. The second-order valence-electron chi connectivity index (χ2n) is 5.87. The van der Waals surface area contributed by atoms with Gasteiger partial charge in [0.05, 0.1) is 9.92 Å². The van der Waals surface area contributed by atoms with E-state index in [1.165, 1.54) is 12.1 Å². The molecule has 0 aliphatic carbocycles. The summed E-state index contributed by atoms with van der Waals surface area (Å²) in [7, 11) is -3.71. The zero-order chi connectivity index (χ0) is 18.0. The average Bonchev–Trinajstić information content (AvgIpc) is 3.01. The van der Waals surface area contributed by atoms with Crippen LogP contribution in [0.2, 0.25) is 5.02 Å². The van der Waals surface area contributed by atoms with Crippen LogP contribution in [-0.2, 0) is 10.0 Å². The Balaban J connectivity index is 1.59. The van der Waals surface area contributed by atoms with Gasteiger partial charge in [-0.15, -0.1) is 0 Å². The Kier molecular flexibility index (Phi) is 5.12. The number of rotatable bonds is 4. The van der Waals surface area contributed by atoms with Crippen molar-refractivity contribution in [2.45, 2.75) is 23.8 Å². The van der Waals surface area contributed by atoms with Crippen LogP contribution in [0.15, 0.2) is 41.4 Å². The maximum absolute atomic E-state index is 12.9. The molecule has 0 bridgehead atoms. The Morgan fingerprint density at radius 2 is 1.88 bits per heavy atom. The molecule has 0 saturated carbocycles. The van der Waals surface area contributed by atoms with Gasteiger partial charge in [-0.3, -0.25) is 4.79 Å². The van der Waals surface area contributed by atoms with Crippen molar-refractivity contribution in [1.82, 2.24) is 14.6 Å². The van der Waals surface area contributed by atoms with E-state index in [1.54, 1.807) is 17.2 Å². The number of nitrogens with zero attached hydrogens (tertiary/aromatic N) is 1. The summed E-state index contributed by atoms with van der Waals surface area (Å²) in [5.74, 6) is -0.651. The molecule has 0 unspecified atom stereocenters. The van der Waals surface area contributed by atoms with E-state index in [4.69, 9.17) is 11.6 Å². The molecule has 0 spiro atoms. The normalized spacial score (nSPS) is 16.2. The van der Waals surface area contributed by atoms with E-state index in [2.05, 4.69) is 9.71 Å². The molecule has 134 valence electrons. The number of aromatic amines is 1. The Labute approximate surface area is 150 Å². The minimum absolute atomic E-state index is 0.0217. The molecule has 6 nitrogen and oxygen atoms in total. The quantitative estimate of drug-likeness (QED) is 0.847. The zero-order valence-electron chi connectivity index (χ0n) is 13.2. The SMILES string of the molecule is O=C(c1cc(Cl)c[nH]1)N1CCC(NS(=O)(=O)c2ccc(F)cc2)CC1. The fourth-order valence-electron chi connectivity index (χ4n) is 2.76. The van der Waals surface area contributed by atoms with Crippen LogP contribution in [0.4, 0.5) is 4.39 Å². The minimum atomic E-state index is -3.71. The first-order valence-electron chi connectivity index (χ1n) is 7.76. The fraction of sp³-hybridized carbons (Fsp3) is 0.312. The Bertz CT molecular complexity index is 859. The van der Waals surface area contributed by atoms with Gasteiger partial charge in [-0.05, 0) is 43.2 Å². The molecule has 2 N–H and O–H groups in total. The van der Waals surface area contributed by atoms with Crippen LogP contribution in [0, 0.1) is 5.82 Å². The third-order valence-electron chi connectivity index (χ3n) is 4.11. The summed E-state index contributed by atoms with van der Waals surface area (Å²) >= 11 is 5.81. The number of benzene rings is 1. The van der Waals surface area contributed by atoms with Gasteiger partial charge in [0.1, 0.15) is 11.5 Å². The van der Waals surface area contributed by atoms with Crippen molar-refractivity contribution < 1.29 is 17.6 Å². The van der Waals surface area contributed by atoms with Crippen molar-refractivity contribution in [3.05, 3.63) is 53.1 Å². The molecular weight excluding hydrogens is 369 g/mol. The van der Waals surface area contributed by atoms with Crippen LogP contribution in [0.1, 0.15) is 23.3 Å². The molecular formula is C16H17ClFN3O3S. The van der Waals surface area contributed by atoms with Crippen molar-refractivity contribution in [3.8, 4) is 0 Å². The lowest BCUT2D eigenvalue weighted by Gasteiger charge is -2.32. The molecule has 1 amide bonds. The number of halogens is 2. The molecule has 0 radical (unpaired) electrons. The highest BCUT2D eigenvalue weighted by molar-refractivity contribution is 7.89. The summed E-state index contributed by atoms with van der Waals surface area (Å²) in [4.78, 5) is 16.8. The van der Waals surface area contributed by atoms with Gasteiger partial charge < -0.3 is 9.88 Å². The highest BCUT2D eigenvalue weighted by Gasteiger charge is 2.27. The summed E-state index contributed by atoms with van der Waals surface area (Å²) in [6.07, 6.45) is 2.54. The molecule has 1 fully saturated rings. The fourth-order valence-corrected chi connectivity index (χ4v) is 4.23. The van der Waals surface area contributed by atoms with E-state index in [0.717, 1.165) is 12.1 Å². The number of amides is 1. The van der Waals surface area contributed by atoms with Gasteiger partial charge in [0.25, 0.3) is 5.91 Å². The summed E-state index contributed by atoms with van der Waals surface area (Å²) in [6.45, 7) is 0.873. The number of likely N-dealkylation sites (tertiary alicyclic amines) is 1. The van der Waals surface area contributed by atoms with E-state index >= 15 is 0 Å². The third-order valence-corrected chi connectivity index (χ3v) is 5.86. The third kappa shape index (κ3) is 4.20. The number of aromatic nitrogens is 1. The first-order chi connectivity index (χ1) is 11.8. The number of piperidine rings is 1. The van der Waals surface area contributed by atoms with E-state index in [0.29, 0.717) is 36.6 Å². The van der Waals surface area contributed by atoms with Crippen molar-refractivity contribution in [2.24, 2.45) is 0 Å². The maximum atomic E-state index is 12.9. The van der Waals surface area contributed by atoms with Gasteiger partial charge >= 0.3 is 0 Å². The molecule has 2 heterocycles. The molecule has 1 aromatic carbocycles. The first-order valence-corrected chi connectivity index (χ1v) is 9.62. The zero-order valence-corrected chi connectivity index (χ0v) is 14.8. The lowest BCUT2D eigenvalue weighted by Crippen LogP contribution is -2.46. The van der Waals surface area contributed by atoms with Crippen molar-refractivity contribution in [2.75, 3.05) is 13.1 Å². The minimum Gasteiger partial charge on any atom is -0.356 e. The smallest absolute Gasteiger partial charge is 0.270 e.